The Morgan fingerprint density at radius 2 is 2.17 bits per heavy atom. The highest BCUT2D eigenvalue weighted by molar-refractivity contribution is 7.98. The molecule has 0 spiro atoms. The standard InChI is InChI=1S/C8H15N3S/c1-7-9-10-8(11(7)2)5-4-6-12-3/h4-6H2,1-3H3. The summed E-state index contributed by atoms with van der Waals surface area (Å²) in [4.78, 5) is 0. The van der Waals surface area contributed by atoms with Crippen LogP contribution < -0.4 is 0 Å². The Bertz CT molecular complexity index is 244. The molecule has 0 fully saturated rings. The summed E-state index contributed by atoms with van der Waals surface area (Å²) in [5.41, 5.74) is 0. The van der Waals surface area contributed by atoms with Crippen LogP contribution in [-0.4, -0.2) is 26.8 Å². The molecule has 0 saturated heterocycles. The third-order valence-electron chi connectivity index (χ3n) is 1.93. The van der Waals surface area contributed by atoms with Gasteiger partial charge in [-0.15, -0.1) is 10.2 Å². The summed E-state index contributed by atoms with van der Waals surface area (Å²) >= 11 is 1.88. The second-order valence-corrected chi connectivity index (χ2v) is 3.80. The Morgan fingerprint density at radius 1 is 1.42 bits per heavy atom. The molecule has 0 amide bonds. The van der Waals surface area contributed by atoms with Gasteiger partial charge in [-0.05, 0) is 25.4 Å². The van der Waals surface area contributed by atoms with Gasteiger partial charge < -0.3 is 4.57 Å². The van der Waals surface area contributed by atoms with Gasteiger partial charge in [0.25, 0.3) is 0 Å². The molecule has 0 N–H and O–H groups in total. The van der Waals surface area contributed by atoms with Crippen LogP contribution in [0.3, 0.4) is 0 Å². The summed E-state index contributed by atoms with van der Waals surface area (Å²) in [6, 6.07) is 0. The fourth-order valence-electron chi connectivity index (χ4n) is 1.04. The zero-order chi connectivity index (χ0) is 8.97. The molecular weight excluding hydrogens is 170 g/mol. The van der Waals surface area contributed by atoms with Crippen LogP contribution in [0.1, 0.15) is 18.1 Å². The summed E-state index contributed by atoms with van der Waals surface area (Å²) in [5.74, 6) is 3.29. The van der Waals surface area contributed by atoms with Crippen molar-refractivity contribution in [2.45, 2.75) is 19.8 Å². The van der Waals surface area contributed by atoms with E-state index in [9.17, 15) is 0 Å². The fourth-order valence-corrected chi connectivity index (χ4v) is 1.48. The minimum absolute atomic E-state index is 0.995. The quantitative estimate of drug-likeness (QED) is 0.665. The van der Waals surface area contributed by atoms with Crippen molar-refractivity contribution in [3.63, 3.8) is 0 Å². The van der Waals surface area contributed by atoms with Crippen LogP contribution in [0.15, 0.2) is 0 Å². The van der Waals surface area contributed by atoms with E-state index in [0.29, 0.717) is 0 Å². The molecular formula is C8H15N3S. The van der Waals surface area contributed by atoms with E-state index < -0.39 is 0 Å². The lowest BCUT2D eigenvalue weighted by Crippen LogP contribution is -2.00. The maximum atomic E-state index is 4.09. The van der Waals surface area contributed by atoms with Crippen LogP contribution in [0.25, 0.3) is 0 Å². The largest absolute Gasteiger partial charge is 0.318 e. The molecule has 0 unspecified atom stereocenters. The summed E-state index contributed by atoms with van der Waals surface area (Å²) in [6.07, 6.45) is 4.35. The van der Waals surface area contributed by atoms with Gasteiger partial charge in [-0.1, -0.05) is 0 Å². The Balaban J connectivity index is 2.46. The predicted molar refractivity (Wildman–Crippen MR) is 52.4 cm³/mol. The first kappa shape index (κ1) is 9.58. The molecule has 0 atom stereocenters. The lowest BCUT2D eigenvalue weighted by atomic mass is 10.3. The van der Waals surface area contributed by atoms with Crippen molar-refractivity contribution < 1.29 is 0 Å². The van der Waals surface area contributed by atoms with Crippen LogP contribution in [0.2, 0.25) is 0 Å². The summed E-state index contributed by atoms with van der Waals surface area (Å²) in [5, 5.41) is 8.09. The van der Waals surface area contributed by atoms with E-state index in [-0.39, 0.29) is 0 Å². The van der Waals surface area contributed by atoms with E-state index in [1.807, 2.05) is 25.7 Å². The van der Waals surface area contributed by atoms with Crippen LogP contribution >= 0.6 is 11.8 Å². The summed E-state index contributed by atoms with van der Waals surface area (Å²) < 4.78 is 2.06. The first-order chi connectivity index (χ1) is 5.75. The SMILES string of the molecule is CSCCCc1nnc(C)n1C. The molecule has 12 heavy (non-hydrogen) atoms. The smallest absolute Gasteiger partial charge is 0.132 e. The molecule has 1 aromatic rings. The van der Waals surface area contributed by atoms with Gasteiger partial charge in [-0.25, -0.2) is 0 Å². The van der Waals surface area contributed by atoms with E-state index >= 15 is 0 Å². The normalized spacial score (nSPS) is 10.6. The molecule has 3 nitrogen and oxygen atoms in total. The lowest BCUT2D eigenvalue weighted by Gasteiger charge is -1.99. The van der Waals surface area contributed by atoms with Crippen LogP contribution in [0.4, 0.5) is 0 Å². The number of thioether (sulfide) groups is 1. The van der Waals surface area contributed by atoms with E-state index in [4.69, 9.17) is 0 Å². The van der Waals surface area contributed by atoms with E-state index in [2.05, 4.69) is 21.0 Å². The highest BCUT2D eigenvalue weighted by atomic mass is 32.2. The molecule has 0 radical (unpaired) electrons. The van der Waals surface area contributed by atoms with Gasteiger partial charge in [0.15, 0.2) is 0 Å². The molecule has 1 heterocycles. The number of nitrogens with zero attached hydrogens (tertiary/aromatic N) is 3. The van der Waals surface area contributed by atoms with Crippen molar-refractivity contribution >= 4 is 11.8 Å². The second-order valence-electron chi connectivity index (χ2n) is 2.82. The Kier molecular flexibility index (Phi) is 3.59. The van der Waals surface area contributed by atoms with Crippen molar-refractivity contribution in [3.8, 4) is 0 Å². The van der Waals surface area contributed by atoms with Gasteiger partial charge in [0.2, 0.25) is 0 Å². The van der Waals surface area contributed by atoms with Crippen molar-refractivity contribution in [1.82, 2.24) is 14.8 Å². The van der Waals surface area contributed by atoms with E-state index in [0.717, 1.165) is 18.1 Å². The van der Waals surface area contributed by atoms with E-state index in [1.54, 1.807) is 0 Å². The van der Waals surface area contributed by atoms with Gasteiger partial charge in [-0.2, -0.15) is 11.8 Å². The molecule has 0 aromatic carbocycles. The second kappa shape index (κ2) is 4.50. The Labute approximate surface area is 77.6 Å². The van der Waals surface area contributed by atoms with E-state index in [1.165, 1.54) is 12.2 Å². The maximum Gasteiger partial charge on any atom is 0.132 e. The van der Waals surface area contributed by atoms with Gasteiger partial charge in [-0.3, -0.25) is 0 Å². The molecule has 0 aliphatic heterocycles. The molecule has 68 valence electrons. The van der Waals surface area contributed by atoms with Crippen LogP contribution in [-0.2, 0) is 13.5 Å². The number of hydrogen-bond donors (Lipinski definition) is 0. The van der Waals surface area contributed by atoms with Gasteiger partial charge in [0.05, 0.1) is 0 Å². The molecule has 4 heteroatoms. The number of hydrogen-bond acceptors (Lipinski definition) is 3. The average molecular weight is 185 g/mol. The monoisotopic (exact) mass is 185 g/mol. The molecule has 1 aromatic heterocycles. The minimum atomic E-state index is 0.995. The first-order valence-electron chi connectivity index (χ1n) is 4.09. The highest BCUT2D eigenvalue weighted by Gasteiger charge is 2.02. The summed E-state index contributed by atoms with van der Waals surface area (Å²) in [6.45, 7) is 1.98. The fraction of sp³-hybridized carbons (Fsp3) is 0.750. The third-order valence-corrected chi connectivity index (χ3v) is 2.63. The molecule has 0 aliphatic rings. The predicted octanol–water partition coefficient (Wildman–Crippen LogP) is 1.42. The van der Waals surface area contributed by atoms with Crippen LogP contribution in [0.5, 0.6) is 0 Å². The zero-order valence-corrected chi connectivity index (χ0v) is 8.69. The van der Waals surface area contributed by atoms with Gasteiger partial charge >= 0.3 is 0 Å². The molecule has 1 rings (SSSR count). The van der Waals surface area contributed by atoms with Gasteiger partial charge in [0.1, 0.15) is 11.6 Å². The molecule has 0 saturated carbocycles. The molecule has 0 aliphatic carbocycles. The van der Waals surface area contributed by atoms with Crippen molar-refractivity contribution in [3.05, 3.63) is 11.6 Å². The average Bonchev–Trinajstić information content (AvgIpc) is 2.36. The zero-order valence-electron chi connectivity index (χ0n) is 7.87. The van der Waals surface area contributed by atoms with Crippen molar-refractivity contribution in [1.29, 1.82) is 0 Å². The Hall–Kier alpha value is -0.510. The Morgan fingerprint density at radius 3 is 2.67 bits per heavy atom. The van der Waals surface area contributed by atoms with Crippen molar-refractivity contribution in [2.24, 2.45) is 7.05 Å². The number of aromatic nitrogens is 3. The maximum absolute atomic E-state index is 4.09. The topological polar surface area (TPSA) is 30.7 Å². The third kappa shape index (κ3) is 2.24. The first-order valence-corrected chi connectivity index (χ1v) is 5.49. The number of aryl methyl sites for hydroxylation is 2. The minimum Gasteiger partial charge on any atom is -0.318 e. The summed E-state index contributed by atoms with van der Waals surface area (Å²) in [7, 11) is 2.02. The van der Waals surface area contributed by atoms with Crippen molar-refractivity contribution in [2.75, 3.05) is 12.0 Å². The van der Waals surface area contributed by atoms with Crippen LogP contribution in [0, 0.1) is 6.92 Å². The lowest BCUT2D eigenvalue weighted by molar-refractivity contribution is 0.748. The number of rotatable bonds is 4. The van der Waals surface area contributed by atoms with Gasteiger partial charge in [0, 0.05) is 13.5 Å². The highest BCUT2D eigenvalue weighted by Crippen LogP contribution is 2.04. The molecule has 0 bridgehead atoms.